The number of halogens is 4. The molecule has 17 nitrogen and oxygen atoms in total. The summed E-state index contributed by atoms with van der Waals surface area (Å²) in [5.74, 6) is -0.113. The highest BCUT2D eigenvalue weighted by Gasteiger charge is 2.45. The number of nitrogens with zero attached hydrogens (tertiary/aromatic N) is 3. The average molecular weight is 994 g/mol. The number of benzene rings is 3. The molecule has 0 aliphatic carbocycles. The summed E-state index contributed by atoms with van der Waals surface area (Å²) in [7, 11) is -3.10. The van der Waals surface area contributed by atoms with Crippen molar-refractivity contribution >= 4 is 88.6 Å². The highest BCUT2D eigenvalue weighted by Crippen LogP contribution is 2.39. The van der Waals surface area contributed by atoms with Crippen LogP contribution in [-0.4, -0.2) is 92.8 Å². The number of carboxylic acids is 1. The minimum atomic E-state index is -3.10. The first kappa shape index (κ1) is 55.7. The van der Waals surface area contributed by atoms with Gasteiger partial charge in [-0.25, -0.2) is 0 Å². The Balaban J connectivity index is 0.000000298. The second-order valence-electron chi connectivity index (χ2n) is 14.3. The van der Waals surface area contributed by atoms with Crippen molar-refractivity contribution in [3.8, 4) is 11.5 Å². The number of furan rings is 1. The number of alkyl halides is 3. The van der Waals surface area contributed by atoms with Crippen molar-refractivity contribution in [1.29, 1.82) is 0 Å². The number of nitro benzene ring substituents is 1. The van der Waals surface area contributed by atoms with Crippen molar-refractivity contribution < 1.29 is 52.5 Å². The summed E-state index contributed by atoms with van der Waals surface area (Å²) in [6.45, 7) is 11.9. The Kier molecular flexibility index (Phi) is 23.1. The van der Waals surface area contributed by atoms with E-state index in [-0.39, 0.29) is 65.3 Å². The lowest BCUT2D eigenvalue weighted by molar-refractivity contribution is -0.383. The van der Waals surface area contributed by atoms with E-state index < -0.39 is 34.9 Å². The predicted octanol–water partition coefficient (Wildman–Crippen LogP) is 9.15. The van der Waals surface area contributed by atoms with Crippen molar-refractivity contribution in [3.63, 3.8) is 0 Å². The van der Waals surface area contributed by atoms with Gasteiger partial charge in [0.05, 0.1) is 23.4 Å². The van der Waals surface area contributed by atoms with Crippen molar-refractivity contribution in [2.24, 2.45) is 5.73 Å². The van der Waals surface area contributed by atoms with Crippen molar-refractivity contribution in [2.45, 2.75) is 70.2 Å². The molecule has 4 aromatic rings. The van der Waals surface area contributed by atoms with Crippen LogP contribution in [0.5, 0.6) is 11.5 Å². The van der Waals surface area contributed by atoms with Gasteiger partial charge in [0.2, 0.25) is 5.91 Å². The summed E-state index contributed by atoms with van der Waals surface area (Å²) >= 11 is 22.8. The molecule has 1 aliphatic rings. The Labute approximate surface area is 392 Å². The summed E-state index contributed by atoms with van der Waals surface area (Å²) in [6.07, 6.45) is 2.16. The standard InChI is InChI=1S/C14H20ClNO2.C12H9ClN2O3.C11H13Cl2NO3.C5H12NO4P/c1-4-12-8-6-7-11(3)14(12)16(10-18-5-2)13(17)9-15;13-11-10(18-8-4-2-1-3-5-8)7-6-9(12(11)14)15(16)17;1-11(2)14(10(15)9(12)13)6-8(17-11)7-4-3-5-16-7;1-11(9,10)3-2-4(6)5(7)8/h6-8H,4-5,9-10H2,1-3H3;1-7H,14H2;3-5,8-9H,6H2,1-2H3;4H,2-3,6H2,1H3,(H,7,8)(H,9,10). The summed E-state index contributed by atoms with van der Waals surface area (Å²) < 4.78 is 32.6. The molecule has 1 fully saturated rings. The number of aliphatic carboxylic acids is 1. The molecule has 64 heavy (non-hydrogen) atoms. The van der Waals surface area contributed by atoms with Crippen LogP contribution < -0.4 is 21.1 Å². The molecule has 3 atom stereocenters. The van der Waals surface area contributed by atoms with Crippen LogP contribution in [0.1, 0.15) is 57.1 Å². The van der Waals surface area contributed by atoms with Gasteiger partial charge in [0.25, 0.3) is 11.6 Å². The van der Waals surface area contributed by atoms with E-state index in [0.717, 1.165) is 23.2 Å². The van der Waals surface area contributed by atoms with Gasteiger partial charge in [-0.3, -0.25) is 34.0 Å². The number of para-hydroxylation sites is 2. The molecule has 0 bridgehead atoms. The third kappa shape index (κ3) is 17.5. The number of nitro groups is 1. The third-order valence-corrected chi connectivity index (χ3v) is 11.1. The van der Waals surface area contributed by atoms with Gasteiger partial charge >= 0.3 is 5.97 Å². The Morgan fingerprint density at radius 2 is 1.73 bits per heavy atom. The van der Waals surface area contributed by atoms with E-state index in [9.17, 15) is 29.1 Å². The summed E-state index contributed by atoms with van der Waals surface area (Å²) in [4.78, 5) is 54.8. The number of anilines is 2. The van der Waals surface area contributed by atoms with E-state index in [0.29, 0.717) is 24.7 Å². The number of hydrogen-bond acceptors (Lipinski definition) is 12. The molecule has 3 unspecified atom stereocenters. The van der Waals surface area contributed by atoms with E-state index in [2.05, 4.69) is 6.92 Å². The highest BCUT2D eigenvalue weighted by atomic mass is 35.5. The predicted molar refractivity (Wildman–Crippen MR) is 249 cm³/mol. The van der Waals surface area contributed by atoms with Crippen molar-refractivity contribution in [2.75, 3.05) is 49.2 Å². The first-order valence-corrected chi connectivity index (χ1v) is 23.6. The molecular formula is C42H54Cl4N5O12P. The number of carbonyl (C=O) groups excluding carboxylic acids is 2. The van der Waals surface area contributed by atoms with Crippen LogP contribution in [0.2, 0.25) is 5.02 Å². The Bertz CT molecular complexity index is 2180. The SMILES string of the molecule is CC1(C)OC(c2ccco2)CN1C(=O)C(Cl)Cl.CCOCN(C(=O)CCl)c1c(C)cccc1CC.CP(=O)(O)CCC(N)C(=O)O.Nc1c([N+](=O)[O-])ccc(Oc2ccccc2)c1Cl. The molecule has 1 saturated heterocycles. The number of amides is 2. The third-order valence-electron chi connectivity index (χ3n) is 9.02. The van der Waals surface area contributed by atoms with Crippen LogP contribution >= 0.6 is 53.8 Å². The molecule has 22 heteroatoms. The fraction of sp³-hybridized carbons (Fsp3) is 0.405. The quantitative estimate of drug-likeness (QED) is 0.0216. The minimum absolute atomic E-state index is 0.0352. The van der Waals surface area contributed by atoms with Gasteiger partial charge in [0.1, 0.15) is 58.5 Å². The molecular weight excluding hydrogens is 939 g/mol. The molecule has 2 amide bonds. The van der Waals surface area contributed by atoms with E-state index in [1.807, 2.05) is 44.2 Å². The fourth-order valence-electron chi connectivity index (χ4n) is 5.76. The zero-order valence-corrected chi connectivity index (χ0v) is 40.0. The maximum Gasteiger partial charge on any atom is 0.320 e. The molecule has 0 radical (unpaired) electrons. The largest absolute Gasteiger partial charge is 0.480 e. The zero-order valence-electron chi connectivity index (χ0n) is 36.1. The average Bonchev–Trinajstić information content (AvgIpc) is 3.90. The lowest BCUT2D eigenvalue weighted by Gasteiger charge is -2.29. The van der Waals surface area contributed by atoms with Crippen LogP contribution in [-0.2, 0) is 34.8 Å². The van der Waals surface area contributed by atoms with Crippen LogP contribution in [0.3, 0.4) is 0 Å². The lowest BCUT2D eigenvalue weighted by Crippen LogP contribution is -2.45. The van der Waals surface area contributed by atoms with Gasteiger partial charge in [-0.15, -0.1) is 11.6 Å². The maximum absolute atomic E-state index is 12.0. The number of carbonyl (C=O) groups is 3. The number of nitrogen functional groups attached to an aromatic ring is 1. The molecule has 0 spiro atoms. The molecule has 5 rings (SSSR count). The maximum atomic E-state index is 12.0. The number of aryl methyl sites for hydroxylation is 2. The van der Waals surface area contributed by atoms with Gasteiger partial charge in [0, 0.05) is 25.5 Å². The Hall–Kier alpha value is -4.42. The summed E-state index contributed by atoms with van der Waals surface area (Å²) in [5.41, 5.74) is 12.7. The molecule has 3 aromatic carbocycles. The second-order valence-corrected chi connectivity index (χ2v) is 18.6. The highest BCUT2D eigenvalue weighted by molar-refractivity contribution is 7.57. The number of rotatable bonds is 15. The molecule has 0 saturated carbocycles. The number of ether oxygens (including phenoxy) is 3. The molecule has 352 valence electrons. The first-order valence-electron chi connectivity index (χ1n) is 19.6. The summed E-state index contributed by atoms with van der Waals surface area (Å²) in [6, 6.07) is 20.2. The summed E-state index contributed by atoms with van der Waals surface area (Å²) in [5, 5.41) is 19.0. The molecule has 2 heterocycles. The van der Waals surface area contributed by atoms with E-state index >= 15 is 0 Å². The Morgan fingerprint density at radius 1 is 1.08 bits per heavy atom. The van der Waals surface area contributed by atoms with Gasteiger partial charge in [-0.05, 0) is 82.0 Å². The van der Waals surface area contributed by atoms with E-state index in [1.165, 1.54) is 23.7 Å². The topological polar surface area (TPSA) is 251 Å². The molecule has 6 N–H and O–H groups in total. The molecule has 1 aromatic heterocycles. The van der Waals surface area contributed by atoms with Gasteiger partial charge < -0.3 is 45.0 Å². The van der Waals surface area contributed by atoms with E-state index in [4.69, 9.17) is 86.5 Å². The zero-order chi connectivity index (χ0) is 48.4. The Morgan fingerprint density at radius 3 is 2.25 bits per heavy atom. The van der Waals surface area contributed by atoms with Crippen LogP contribution in [0, 0.1) is 17.0 Å². The number of hydrogen-bond donors (Lipinski definition) is 4. The monoisotopic (exact) mass is 991 g/mol. The van der Waals surface area contributed by atoms with Gasteiger partial charge in [-0.1, -0.05) is 78.1 Å². The van der Waals surface area contributed by atoms with E-state index in [1.54, 1.807) is 55.3 Å². The van der Waals surface area contributed by atoms with Gasteiger partial charge in [-0.2, -0.15) is 0 Å². The first-order chi connectivity index (χ1) is 30.0. The normalized spacial score (nSPS) is 15.2. The second kappa shape index (κ2) is 26.5. The van der Waals surface area contributed by atoms with Gasteiger partial charge in [0.15, 0.2) is 12.2 Å². The molecule has 1 aliphatic heterocycles. The van der Waals surface area contributed by atoms with Crippen molar-refractivity contribution in [3.05, 3.63) is 111 Å². The minimum Gasteiger partial charge on any atom is -0.480 e. The number of carboxylic acid groups (broad SMARTS) is 1. The van der Waals surface area contributed by atoms with Crippen LogP contribution in [0.15, 0.2) is 83.5 Å². The number of nitrogens with two attached hydrogens (primary N) is 2. The van der Waals surface area contributed by atoms with Crippen LogP contribution in [0.4, 0.5) is 17.1 Å². The smallest absolute Gasteiger partial charge is 0.320 e. The lowest BCUT2D eigenvalue weighted by atomic mass is 10.0. The van der Waals surface area contributed by atoms with Crippen molar-refractivity contribution in [1.82, 2.24) is 4.90 Å². The fourth-order valence-corrected chi connectivity index (χ4v) is 7.09. The van der Waals surface area contributed by atoms with Crippen LogP contribution in [0.25, 0.3) is 0 Å².